The van der Waals surface area contributed by atoms with Crippen molar-refractivity contribution in [1.82, 2.24) is 10.3 Å². The molecule has 19 heavy (non-hydrogen) atoms. The van der Waals surface area contributed by atoms with Gasteiger partial charge in [0, 0.05) is 28.4 Å². The number of nitrogens with zero attached hydrogens (tertiary/aromatic N) is 1. The SMILES string of the molecule is CCC(CC)(CO)NCc1csc(-c2ccsc2)n1. The topological polar surface area (TPSA) is 45.1 Å². The summed E-state index contributed by atoms with van der Waals surface area (Å²) in [6.45, 7) is 5.08. The minimum absolute atomic E-state index is 0.168. The van der Waals surface area contributed by atoms with Gasteiger partial charge in [-0.25, -0.2) is 4.98 Å². The van der Waals surface area contributed by atoms with E-state index in [2.05, 4.69) is 46.4 Å². The summed E-state index contributed by atoms with van der Waals surface area (Å²) in [7, 11) is 0. The molecule has 0 spiro atoms. The van der Waals surface area contributed by atoms with Crippen LogP contribution in [0, 0.1) is 0 Å². The Bertz CT molecular complexity index is 481. The highest BCUT2D eigenvalue weighted by atomic mass is 32.1. The number of rotatable bonds is 7. The van der Waals surface area contributed by atoms with Gasteiger partial charge in [0.05, 0.1) is 12.3 Å². The molecule has 0 saturated carbocycles. The number of nitrogens with one attached hydrogen (secondary N) is 1. The Balaban J connectivity index is 2.01. The minimum Gasteiger partial charge on any atom is -0.394 e. The van der Waals surface area contributed by atoms with Crippen LogP contribution < -0.4 is 5.32 Å². The summed E-state index contributed by atoms with van der Waals surface area (Å²) in [4.78, 5) is 4.64. The fraction of sp³-hybridized carbons (Fsp3) is 0.500. The third kappa shape index (κ3) is 3.42. The van der Waals surface area contributed by atoms with Crippen LogP contribution in [0.3, 0.4) is 0 Å². The second-order valence-corrected chi connectivity index (χ2v) is 6.29. The average Bonchev–Trinajstić information content (AvgIpc) is 3.12. The van der Waals surface area contributed by atoms with Crippen molar-refractivity contribution >= 4 is 22.7 Å². The Hall–Kier alpha value is -0.750. The molecule has 0 saturated heterocycles. The predicted octanol–water partition coefficient (Wildman–Crippen LogP) is 3.51. The zero-order chi connectivity index (χ0) is 13.7. The van der Waals surface area contributed by atoms with Crippen LogP contribution in [-0.2, 0) is 6.54 Å². The van der Waals surface area contributed by atoms with E-state index in [-0.39, 0.29) is 12.1 Å². The number of hydrogen-bond donors (Lipinski definition) is 2. The van der Waals surface area contributed by atoms with Crippen LogP contribution in [0.25, 0.3) is 10.6 Å². The molecule has 2 aromatic rings. The van der Waals surface area contributed by atoms with Gasteiger partial charge in [-0.1, -0.05) is 13.8 Å². The highest BCUT2D eigenvalue weighted by molar-refractivity contribution is 7.14. The summed E-state index contributed by atoms with van der Waals surface area (Å²) in [6, 6.07) is 2.09. The first kappa shape index (κ1) is 14.7. The summed E-state index contributed by atoms with van der Waals surface area (Å²) >= 11 is 3.36. The number of thiophene rings is 1. The molecular weight excluding hydrogens is 276 g/mol. The normalized spacial score (nSPS) is 11.9. The molecule has 2 N–H and O–H groups in total. The number of aliphatic hydroxyl groups excluding tert-OH is 1. The van der Waals surface area contributed by atoms with Crippen molar-refractivity contribution in [2.45, 2.75) is 38.8 Å². The zero-order valence-corrected chi connectivity index (χ0v) is 13.0. The Labute approximate surface area is 122 Å². The smallest absolute Gasteiger partial charge is 0.124 e. The standard InChI is InChI=1S/C14H20N2OS2/c1-3-14(4-2,10-17)15-7-12-9-19-13(16-12)11-5-6-18-8-11/h5-6,8-9,15,17H,3-4,7,10H2,1-2H3. The maximum atomic E-state index is 9.53. The van der Waals surface area contributed by atoms with Crippen LogP contribution in [0.4, 0.5) is 0 Å². The van der Waals surface area contributed by atoms with Gasteiger partial charge in [-0.3, -0.25) is 0 Å². The van der Waals surface area contributed by atoms with Gasteiger partial charge in [0.2, 0.25) is 0 Å². The average molecular weight is 296 g/mol. The molecule has 0 fully saturated rings. The molecule has 2 heterocycles. The molecule has 3 nitrogen and oxygen atoms in total. The van der Waals surface area contributed by atoms with Gasteiger partial charge < -0.3 is 10.4 Å². The molecule has 0 unspecified atom stereocenters. The van der Waals surface area contributed by atoms with E-state index in [1.165, 1.54) is 5.56 Å². The zero-order valence-electron chi connectivity index (χ0n) is 11.3. The van der Waals surface area contributed by atoms with Gasteiger partial charge in [-0.2, -0.15) is 11.3 Å². The molecule has 5 heteroatoms. The Kier molecular flexibility index (Phi) is 5.10. The summed E-state index contributed by atoms with van der Waals surface area (Å²) in [5.74, 6) is 0. The summed E-state index contributed by atoms with van der Waals surface area (Å²) in [5.41, 5.74) is 2.07. The van der Waals surface area contributed by atoms with Gasteiger partial charge in [-0.15, -0.1) is 11.3 Å². The van der Waals surface area contributed by atoms with E-state index in [0.717, 1.165) is 23.5 Å². The van der Waals surface area contributed by atoms with Crippen molar-refractivity contribution < 1.29 is 5.11 Å². The van der Waals surface area contributed by atoms with E-state index in [1.807, 2.05) is 0 Å². The van der Waals surface area contributed by atoms with Crippen molar-refractivity contribution in [1.29, 1.82) is 0 Å². The number of thiazole rings is 1. The lowest BCUT2D eigenvalue weighted by atomic mass is 9.94. The maximum Gasteiger partial charge on any atom is 0.124 e. The van der Waals surface area contributed by atoms with E-state index in [9.17, 15) is 5.11 Å². The first-order valence-electron chi connectivity index (χ1n) is 6.56. The highest BCUT2D eigenvalue weighted by Crippen LogP contribution is 2.26. The highest BCUT2D eigenvalue weighted by Gasteiger charge is 2.24. The van der Waals surface area contributed by atoms with Gasteiger partial charge in [0.25, 0.3) is 0 Å². The Morgan fingerprint density at radius 2 is 2.11 bits per heavy atom. The van der Waals surface area contributed by atoms with Crippen LogP contribution in [0.15, 0.2) is 22.2 Å². The fourth-order valence-electron chi connectivity index (χ4n) is 1.96. The molecule has 104 valence electrons. The van der Waals surface area contributed by atoms with E-state index < -0.39 is 0 Å². The number of aliphatic hydroxyl groups is 1. The number of aromatic nitrogens is 1. The lowest BCUT2D eigenvalue weighted by Gasteiger charge is -2.30. The van der Waals surface area contributed by atoms with Crippen molar-refractivity contribution in [3.63, 3.8) is 0 Å². The summed E-state index contributed by atoms with van der Waals surface area (Å²) in [6.07, 6.45) is 1.84. The first-order chi connectivity index (χ1) is 9.23. The van der Waals surface area contributed by atoms with Gasteiger partial charge in [-0.05, 0) is 24.3 Å². The second kappa shape index (κ2) is 6.61. The number of hydrogen-bond acceptors (Lipinski definition) is 5. The van der Waals surface area contributed by atoms with E-state index in [4.69, 9.17) is 0 Å². The van der Waals surface area contributed by atoms with Crippen molar-refractivity contribution in [3.8, 4) is 10.6 Å². The van der Waals surface area contributed by atoms with Gasteiger partial charge >= 0.3 is 0 Å². The minimum atomic E-state index is -0.174. The molecule has 0 atom stereocenters. The van der Waals surface area contributed by atoms with E-state index >= 15 is 0 Å². The third-order valence-corrected chi connectivity index (χ3v) is 5.24. The molecule has 0 aliphatic rings. The molecule has 2 aromatic heterocycles. The lowest BCUT2D eigenvalue weighted by molar-refractivity contribution is 0.149. The maximum absolute atomic E-state index is 9.53. The van der Waals surface area contributed by atoms with Crippen molar-refractivity contribution in [2.24, 2.45) is 0 Å². The molecular formula is C14H20N2OS2. The van der Waals surface area contributed by atoms with Crippen LogP contribution in [0.5, 0.6) is 0 Å². The third-order valence-electron chi connectivity index (χ3n) is 3.62. The van der Waals surface area contributed by atoms with E-state index in [1.54, 1.807) is 22.7 Å². The second-order valence-electron chi connectivity index (χ2n) is 4.66. The van der Waals surface area contributed by atoms with Crippen LogP contribution in [0.1, 0.15) is 32.4 Å². The first-order valence-corrected chi connectivity index (χ1v) is 8.38. The van der Waals surface area contributed by atoms with Gasteiger partial charge in [0.15, 0.2) is 0 Å². The molecule has 0 aromatic carbocycles. The molecule has 0 aliphatic carbocycles. The fourth-order valence-corrected chi connectivity index (χ4v) is 3.50. The van der Waals surface area contributed by atoms with Crippen LogP contribution in [0.2, 0.25) is 0 Å². The van der Waals surface area contributed by atoms with E-state index in [0.29, 0.717) is 6.54 Å². The molecule has 2 rings (SSSR count). The Morgan fingerprint density at radius 3 is 2.68 bits per heavy atom. The van der Waals surface area contributed by atoms with Crippen LogP contribution >= 0.6 is 22.7 Å². The predicted molar refractivity (Wildman–Crippen MR) is 82.7 cm³/mol. The van der Waals surface area contributed by atoms with Crippen molar-refractivity contribution in [2.75, 3.05) is 6.61 Å². The molecule has 0 aliphatic heterocycles. The quantitative estimate of drug-likeness (QED) is 0.822. The largest absolute Gasteiger partial charge is 0.394 e. The monoisotopic (exact) mass is 296 g/mol. The molecule has 0 radical (unpaired) electrons. The Morgan fingerprint density at radius 1 is 1.32 bits per heavy atom. The van der Waals surface area contributed by atoms with Gasteiger partial charge in [0.1, 0.15) is 5.01 Å². The lowest BCUT2D eigenvalue weighted by Crippen LogP contribution is -2.47. The molecule has 0 bridgehead atoms. The summed E-state index contributed by atoms with van der Waals surface area (Å²) < 4.78 is 0. The van der Waals surface area contributed by atoms with Crippen LogP contribution in [-0.4, -0.2) is 22.2 Å². The summed E-state index contributed by atoms with van der Waals surface area (Å²) in [5, 5.41) is 20.3. The molecule has 0 amide bonds. The van der Waals surface area contributed by atoms with Crippen molar-refractivity contribution in [3.05, 3.63) is 27.9 Å².